The van der Waals surface area contributed by atoms with E-state index in [-0.39, 0.29) is 11.7 Å². The topological polar surface area (TPSA) is 47.4 Å². The van der Waals surface area contributed by atoms with Crippen molar-refractivity contribution in [2.45, 2.75) is 26.6 Å². The number of alkyl halides is 2. The van der Waals surface area contributed by atoms with Crippen molar-refractivity contribution in [1.29, 1.82) is 0 Å². The van der Waals surface area contributed by atoms with Gasteiger partial charge in [0, 0.05) is 25.2 Å². The van der Waals surface area contributed by atoms with Crippen LogP contribution in [0.4, 0.5) is 8.78 Å². The van der Waals surface area contributed by atoms with Crippen LogP contribution in [0.2, 0.25) is 5.15 Å². The van der Waals surface area contributed by atoms with Gasteiger partial charge < -0.3 is 9.64 Å². The highest BCUT2D eigenvalue weighted by Gasteiger charge is 2.13. The number of halogens is 3. The Morgan fingerprint density at radius 3 is 2.48 bits per heavy atom. The summed E-state index contributed by atoms with van der Waals surface area (Å²) in [5.74, 6) is -0.149. The molecule has 0 unspecified atom stereocenters. The van der Waals surface area contributed by atoms with Gasteiger partial charge >= 0.3 is 6.61 Å². The fourth-order valence-corrected chi connectivity index (χ4v) is 3.32. The lowest BCUT2D eigenvalue weighted by Crippen LogP contribution is -2.24. The predicted molar refractivity (Wildman–Crippen MR) is 116 cm³/mol. The number of hydrogen-bond donors (Lipinski definition) is 0. The van der Waals surface area contributed by atoms with Crippen LogP contribution in [0.25, 0.3) is 6.08 Å². The second kappa shape index (κ2) is 10.2. The molecule has 162 valence electrons. The molecule has 3 aromatic rings. The summed E-state index contributed by atoms with van der Waals surface area (Å²) in [7, 11) is 1.66. The molecule has 0 saturated carbocycles. The zero-order valence-corrected chi connectivity index (χ0v) is 17.9. The Labute approximate surface area is 184 Å². The molecule has 0 aliphatic heterocycles. The summed E-state index contributed by atoms with van der Waals surface area (Å²) in [5.41, 5.74) is 3.27. The molecule has 2 aromatic carbocycles. The van der Waals surface area contributed by atoms with E-state index >= 15 is 0 Å². The molecule has 3 rings (SSSR count). The molecule has 0 saturated heterocycles. The first-order valence-electron chi connectivity index (χ1n) is 9.57. The molecule has 1 aromatic heterocycles. The first-order chi connectivity index (χ1) is 14.8. The predicted octanol–water partition coefficient (Wildman–Crippen LogP) is 5.17. The molecule has 0 bridgehead atoms. The smallest absolute Gasteiger partial charge is 0.387 e. The largest absolute Gasteiger partial charge is 0.435 e. The number of aryl methyl sites for hydroxylation is 1. The average molecular weight is 446 g/mol. The van der Waals surface area contributed by atoms with Gasteiger partial charge in [0.15, 0.2) is 0 Å². The van der Waals surface area contributed by atoms with Gasteiger partial charge in [0.05, 0.1) is 12.2 Å². The summed E-state index contributed by atoms with van der Waals surface area (Å²) < 4.78 is 30.5. The van der Waals surface area contributed by atoms with Crippen molar-refractivity contribution in [1.82, 2.24) is 14.7 Å². The number of carbonyl (C=O) groups excluding carboxylic acids is 1. The number of likely N-dealkylation sites (N-methyl/N-ethyl adjacent to an activating group) is 1. The summed E-state index contributed by atoms with van der Waals surface area (Å²) >= 11 is 6.48. The van der Waals surface area contributed by atoms with Gasteiger partial charge in [-0.15, -0.1) is 0 Å². The van der Waals surface area contributed by atoms with Crippen molar-refractivity contribution >= 4 is 23.6 Å². The summed E-state index contributed by atoms with van der Waals surface area (Å²) in [6.45, 7) is -0.178. The van der Waals surface area contributed by atoms with Crippen molar-refractivity contribution in [2.24, 2.45) is 0 Å². The molecule has 0 aliphatic carbocycles. The van der Waals surface area contributed by atoms with E-state index in [2.05, 4.69) is 9.84 Å². The molecule has 1 amide bonds. The van der Waals surface area contributed by atoms with Crippen LogP contribution >= 0.6 is 11.6 Å². The van der Waals surface area contributed by atoms with Gasteiger partial charge in [0.1, 0.15) is 10.9 Å². The maximum atomic E-state index is 12.5. The average Bonchev–Trinajstić information content (AvgIpc) is 3.00. The monoisotopic (exact) mass is 445 g/mol. The van der Waals surface area contributed by atoms with Gasteiger partial charge in [-0.1, -0.05) is 54.1 Å². The number of ether oxygens (including phenoxy) is 1. The van der Waals surface area contributed by atoms with Crippen LogP contribution in [0.5, 0.6) is 5.75 Å². The first-order valence-corrected chi connectivity index (χ1v) is 9.95. The second-order valence-electron chi connectivity index (χ2n) is 6.98. The fourth-order valence-electron chi connectivity index (χ4n) is 3.03. The minimum absolute atomic E-state index is 0.0743. The Balaban J connectivity index is 1.64. The van der Waals surface area contributed by atoms with Gasteiger partial charge in [0.2, 0.25) is 5.91 Å². The molecule has 31 heavy (non-hydrogen) atoms. The zero-order valence-electron chi connectivity index (χ0n) is 17.1. The minimum Gasteiger partial charge on any atom is -0.435 e. The number of benzene rings is 2. The number of rotatable bonds is 8. The van der Waals surface area contributed by atoms with Crippen LogP contribution in [-0.2, 0) is 17.9 Å². The lowest BCUT2D eigenvalue weighted by Gasteiger charge is -2.15. The summed E-state index contributed by atoms with van der Waals surface area (Å²) in [6.07, 6.45) is 3.10. The molecule has 5 nitrogen and oxygen atoms in total. The van der Waals surface area contributed by atoms with Crippen molar-refractivity contribution in [2.75, 3.05) is 7.05 Å². The molecule has 8 heteroatoms. The Morgan fingerprint density at radius 1 is 1.16 bits per heavy atom. The van der Waals surface area contributed by atoms with Crippen molar-refractivity contribution in [3.05, 3.63) is 88.2 Å². The zero-order chi connectivity index (χ0) is 22.4. The molecule has 0 atom stereocenters. The van der Waals surface area contributed by atoms with E-state index in [4.69, 9.17) is 11.6 Å². The number of carbonyl (C=O) groups is 1. The molecule has 0 N–H and O–H groups in total. The molecular formula is C23H22ClF2N3O2. The lowest BCUT2D eigenvalue weighted by molar-refractivity contribution is -0.125. The second-order valence-corrected chi connectivity index (χ2v) is 7.34. The number of hydrogen-bond acceptors (Lipinski definition) is 3. The third-order valence-electron chi connectivity index (χ3n) is 4.62. The van der Waals surface area contributed by atoms with Crippen LogP contribution in [-0.4, -0.2) is 34.2 Å². The van der Waals surface area contributed by atoms with Gasteiger partial charge in [-0.05, 0) is 36.3 Å². The van der Waals surface area contributed by atoms with Crippen molar-refractivity contribution < 1.29 is 18.3 Å². The standard InChI is InChI=1S/C23H22ClF2N3O2/c1-16-20(22(24)29(27-16)15-17-6-4-3-5-7-17)12-13-21(30)28(2)14-18-8-10-19(11-9-18)31-23(25)26/h3-13,23H,14-15H2,1-2H3/b13-12+. The van der Waals surface area contributed by atoms with E-state index in [9.17, 15) is 13.6 Å². The SMILES string of the molecule is Cc1nn(Cc2ccccc2)c(Cl)c1/C=C/C(=O)N(C)Cc1ccc(OC(F)F)cc1. The number of aromatic nitrogens is 2. The normalized spacial score (nSPS) is 11.3. The Kier molecular flexibility index (Phi) is 7.41. The maximum Gasteiger partial charge on any atom is 0.387 e. The highest BCUT2D eigenvalue weighted by Crippen LogP contribution is 2.22. The molecular weight excluding hydrogens is 424 g/mol. The third-order valence-corrected chi connectivity index (χ3v) is 5.02. The van der Waals surface area contributed by atoms with Crippen LogP contribution in [0.3, 0.4) is 0 Å². The molecule has 0 fully saturated rings. The minimum atomic E-state index is -2.87. The van der Waals surface area contributed by atoms with E-state index in [1.165, 1.54) is 23.1 Å². The van der Waals surface area contributed by atoms with E-state index in [0.717, 1.165) is 16.8 Å². The van der Waals surface area contributed by atoms with Crippen LogP contribution in [0, 0.1) is 6.92 Å². The van der Waals surface area contributed by atoms with E-state index in [1.807, 2.05) is 37.3 Å². The van der Waals surface area contributed by atoms with E-state index < -0.39 is 6.61 Å². The molecule has 0 spiro atoms. The van der Waals surface area contributed by atoms with E-state index in [0.29, 0.717) is 23.8 Å². The Bertz CT molecular complexity index is 1050. The highest BCUT2D eigenvalue weighted by atomic mass is 35.5. The van der Waals surface area contributed by atoms with Gasteiger partial charge in [-0.25, -0.2) is 4.68 Å². The molecule has 1 heterocycles. The van der Waals surface area contributed by atoms with E-state index in [1.54, 1.807) is 29.9 Å². The van der Waals surface area contributed by atoms with Gasteiger partial charge in [0.25, 0.3) is 0 Å². The van der Waals surface area contributed by atoms with Gasteiger partial charge in [-0.2, -0.15) is 13.9 Å². The van der Waals surface area contributed by atoms with Crippen molar-refractivity contribution in [3.8, 4) is 5.75 Å². The number of nitrogens with zero attached hydrogens (tertiary/aromatic N) is 3. The Morgan fingerprint density at radius 2 is 1.84 bits per heavy atom. The number of amides is 1. The van der Waals surface area contributed by atoms with Crippen LogP contribution < -0.4 is 4.74 Å². The fraction of sp³-hybridized carbons (Fsp3) is 0.217. The summed E-state index contributed by atoms with van der Waals surface area (Å²) in [6, 6.07) is 16.0. The molecule has 0 aliphatic rings. The maximum absolute atomic E-state index is 12.5. The summed E-state index contributed by atoms with van der Waals surface area (Å²) in [5, 5.41) is 4.93. The van der Waals surface area contributed by atoms with Crippen LogP contribution in [0.15, 0.2) is 60.7 Å². The van der Waals surface area contributed by atoms with Gasteiger partial charge in [-0.3, -0.25) is 4.79 Å². The first kappa shape index (κ1) is 22.5. The Hall–Kier alpha value is -3.19. The van der Waals surface area contributed by atoms with Crippen molar-refractivity contribution in [3.63, 3.8) is 0 Å². The summed E-state index contributed by atoms with van der Waals surface area (Å²) in [4.78, 5) is 14.0. The lowest BCUT2D eigenvalue weighted by atomic mass is 10.2. The van der Waals surface area contributed by atoms with Crippen LogP contribution in [0.1, 0.15) is 22.4 Å². The highest BCUT2D eigenvalue weighted by molar-refractivity contribution is 6.31. The quantitative estimate of drug-likeness (QED) is 0.449. The third kappa shape index (κ3) is 6.15. The molecule has 0 radical (unpaired) electrons.